The van der Waals surface area contributed by atoms with E-state index in [1.54, 1.807) is 0 Å². The topological polar surface area (TPSA) is 54.4 Å². The third kappa shape index (κ3) is 8.77. The second kappa shape index (κ2) is 11.6. The summed E-state index contributed by atoms with van der Waals surface area (Å²) in [6, 6.07) is 0. The Kier molecular flexibility index (Phi) is 10.2. The lowest BCUT2D eigenvalue weighted by atomic mass is 9.86. The number of ketones is 1. The molecule has 1 aliphatic rings. The number of unbranched alkanes of at least 4 members (excludes halogenated alkanes) is 4. The van der Waals surface area contributed by atoms with Gasteiger partial charge >= 0.3 is 11.9 Å². The van der Waals surface area contributed by atoms with Gasteiger partial charge in [0.25, 0.3) is 0 Å². The van der Waals surface area contributed by atoms with Gasteiger partial charge in [0, 0.05) is 19.3 Å². The van der Waals surface area contributed by atoms with Crippen molar-refractivity contribution in [3.63, 3.8) is 0 Å². The van der Waals surface area contributed by atoms with E-state index in [0.717, 1.165) is 51.4 Å². The lowest BCUT2D eigenvalue weighted by Crippen LogP contribution is -2.29. The van der Waals surface area contributed by atoms with E-state index in [1.807, 2.05) is 6.92 Å². The van der Waals surface area contributed by atoms with Crippen molar-refractivity contribution in [1.29, 1.82) is 0 Å². The lowest BCUT2D eigenvalue weighted by Gasteiger charge is -2.21. The molecule has 1 fully saturated rings. The average Bonchev–Trinajstić information content (AvgIpc) is 3.01. The maximum Gasteiger partial charge on any atom is 0.305 e. The van der Waals surface area contributed by atoms with Crippen molar-refractivity contribution < 1.29 is 23.5 Å². The second-order valence-corrected chi connectivity index (χ2v) is 7.57. The zero-order valence-electron chi connectivity index (χ0n) is 15.6. The lowest BCUT2D eigenvalue weighted by molar-refractivity contribution is -0.144. The van der Waals surface area contributed by atoms with Crippen LogP contribution in [0.15, 0.2) is 0 Å². The van der Waals surface area contributed by atoms with E-state index in [1.165, 1.54) is 0 Å². The van der Waals surface area contributed by atoms with E-state index in [4.69, 9.17) is 5.11 Å². The van der Waals surface area contributed by atoms with Gasteiger partial charge in [0.05, 0.1) is 0 Å². The fourth-order valence-corrected chi connectivity index (χ4v) is 3.95. The van der Waals surface area contributed by atoms with Crippen LogP contribution in [0.3, 0.4) is 0 Å². The van der Waals surface area contributed by atoms with Crippen molar-refractivity contribution >= 4 is 11.8 Å². The summed E-state index contributed by atoms with van der Waals surface area (Å²) in [6.45, 7) is 1.85. The zero-order valence-corrected chi connectivity index (χ0v) is 15.6. The summed E-state index contributed by atoms with van der Waals surface area (Å²) in [6.07, 6.45) is 9.79. The normalized spacial score (nSPS) is 20.8. The minimum Gasteiger partial charge on any atom is -0.481 e. The predicted octanol–water partition coefficient (Wildman–Crippen LogP) is 6.00. The van der Waals surface area contributed by atoms with Crippen molar-refractivity contribution in [3.8, 4) is 0 Å². The maximum absolute atomic E-state index is 13.8. The number of carbonyl (C=O) groups is 2. The molecular weight excluding hydrogens is 326 g/mol. The molecule has 0 radical (unpaired) electrons. The van der Waals surface area contributed by atoms with Crippen molar-refractivity contribution in [2.24, 2.45) is 11.8 Å². The molecule has 3 nitrogen and oxygen atoms in total. The third-order valence-electron chi connectivity index (χ3n) is 5.53. The molecule has 0 amide bonds. The van der Waals surface area contributed by atoms with E-state index in [0.29, 0.717) is 31.1 Å². The Hall–Kier alpha value is -1.00. The van der Waals surface area contributed by atoms with Gasteiger partial charge in [0.1, 0.15) is 0 Å². The Balaban J connectivity index is 2.24. The SMILES string of the molecule is CCCCC(F)(F)C(=O)CCC1CCCC1CCCCCCC(=O)O. The van der Waals surface area contributed by atoms with Gasteiger partial charge in [-0.25, -0.2) is 0 Å². The molecule has 0 aromatic rings. The van der Waals surface area contributed by atoms with Gasteiger partial charge in [-0.05, 0) is 31.1 Å². The summed E-state index contributed by atoms with van der Waals surface area (Å²) in [4.78, 5) is 22.3. The fraction of sp³-hybridized carbons (Fsp3) is 0.900. The Morgan fingerprint density at radius 2 is 1.60 bits per heavy atom. The molecular formula is C20H34F2O3. The van der Waals surface area contributed by atoms with E-state index >= 15 is 0 Å². The molecule has 0 spiro atoms. The van der Waals surface area contributed by atoms with Crippen LogP contribution in [0, 0.1) is 11.8 Å². The first-order valence-electron chi connectivity index (χ1n) is 9.99. The zero-order chi connectivity index (χ0) is 18.7. The molecule has 0 aromatic heterocycles. The average molecular weight is 360 g/mol. The van der Waals surface area contributed by atoms with Crippen LogP contribution in [-0.4, -0.2) is 22.8 Å². The summed E-state index contributed by atoms with van der Waals surface area (Å²) in [7, 11) is 0. The Bertz CT molecular complexity index is 410. The number of carboxylic acid groups (broad SMARTS) is 1. The van der Waals surface area contributed by atoms with Gasteiger partial charge in [0.15, 0.2) is 0 Å². The molecule has 1 saturated carbocycles. The van der Waals surface area contributed by atoms with Crippen LogP contribution in [0.5, 0.6) is 0 Å². The number of hydrogen-bond acceptors (Lipinski definition) is 2. The number of aliphatic carboxylic acids is 1. The van der Waals surface area contributed by atoms with Gasteiger partial charge in [-0.3, -0.25) is 9.59 Å². The van der Waals surface area contributed by atoms with Crippen LogP contribution in [-0.2, 0) is 9.59 Å². The first-order chi connectivity index (χ1) is 11.9. The highest BCUT2D eigenvalue weighted by Gasteiger charge is 2.38. The maximum atomic E-state index is 13.8. The molecule has 146 valence electrons. The minimum atomic E-state index is -3.14. The van der Waals surface area contributed by atoms with Gasteiger partial charge in [-0.2, -0.15) is 8.78 Å². The largest absolute Gasteiger partial charge is 0.481 e. The van der Waals surface area contributed by atoms with E-state index in [9.17, 15) is 18.4 Å². The second-order valence-electron chi connectivity index (χ2n) is 7.57. The molecule has 2 atom stereocenters. The van der Waals surface area contributed by atoms with E-state index in [2.05, 4.69) is 0 Å². The molecule has 1 rings (SSSR count). The molecule has 0 saturated heterocycles. The summed E-state index contributed by atoms with van der Waals surface area (Å²) in [5.74, 6) is -3.80. The smallest absolute Gasteiger partial charge is 0.305 e. The molecule has 5 heteroatoms. The van der Waals surface area contributed by atoms with Crippen LogP contribution in [0.2, 0.25) is 0 Å². The van der Waals surface area contributed by atoms with Crippen molar-refractivity contribution in [1.82, 2.24) is 0 Å². The van der Waals surface area contributed by atoms with Crippen LogP contribution < -0.4 is 0 Å². The van der Waals surface area contributed by atoms with Gasteiger partial charge in [-0.15, -0.1) is 0 Å². The number of carbonyl (C=O) groups excluding carboxylic acids is 1. The Morgan fingerprint density at radius 3 is 2.24 bits per heavy atom. The van der Waals surface area contributed by atoms with Crippen molar-refractivity contribution in [2.75, 3.05) is 0 Å². The Morgan fingerprint density at radius 1 is 0.960 bits per heavy atom. The number of alkyl halides is 2. The highest BCUT2D eigenvalue weighted by molar-refractivity contribution is 5.85. The standard InChI is InChI=1S/C20H34F2O3/c1-2-3-15-20(21,22)18(23)14-13-17-11-8-10-16(17)9-6-4-5-7-12-19(24)25/h16-17H,2-15H2,1H3,(H,24,25). The van der Waals surface area contributed by atoms with Crippen molar-refractivity contribution in [2.45, 2.75) is 103 Å². The van der Waals surface area contributed by atoms with Gasteiger partial charge < -0.3 is 5.11 Å². The molecule has 1 N–H and O–H groups in total. The first kappa shape index (κ1) is 22.0. The summed E-state index contributed by atoms with van der Waals surface area (Å²) < 4.78 is 27.5. The third-order valence-corrected chi connectivity index (χ3v) is 5.53. The van der Waals surface area contributed by atoms with Gasteiger partial charge in [0.2, 0.25) is 5.78 Å². The minimum absolute atomic E-state index is 0.0104. The molecule has 0 bridgehead atoms. The highest BCUT2D eigenvalue weighted by atomic mass is 19.3. The van der Waals surface area contributed by atoms with E-state index in [-0.39, 0.29) is 19.3 Å². The number of carboxylic acids is 1. The van der Waals surface area contributed by atoms with Crippen LogP contribution in [0.1, 0.15) is 96.8 Å². The number of rotatable bonds is 14. The summed E-state index contributed by atoms with van der Waals surface area (Å²) in [5, 5.41) is 8.61. The van der Waals surface area contributed by atoms with Crippen LogP contribution in [0.25, 0.3) is 0 Å². The molecule has 1 aliphatic carbocycles. The summed E-state index contributed by atoms with van der Waals surface area (Å²) in [5.41, 5.74) is 0. The van der Waals surface area contributed by atoms with Crippen LogP contribution >= 0.6 is 0 Å². The quantitative estimate of drug-likeness (QED) is 0.386. The van der Waals surface area contributed by atoms with Crippen molar-refractivity contribution in [3.05, 3.63) is 0 Å². The highest BCUT2D eigenvalue weighted by Crippen LogP contribution is 2.39. The predicted molar refractivity (Wildman–Crippen MR) is 94.9 cm³/mol. The van der Waals surface area contributed by atoms with E-state index < -0.39 is 17.7 Å². The summed E-state index contributed by atoms with van der Waals surface area (Å²) >= 11 is 0. The molecule has 0 aromatic carbocycles. The first-order valence-corrected chi connectivity index (χ1v) is 9.99. The molecule has 0 heterocycles. The molecule has 2 unspecified atom stereocenters. The number of Topliss-reactive ketones (excluding diaryl/α,β-unsaturated/α-hetero) is 1. The van der Waals surface area contributed by atoms with Gasteiger partial charge in [-0.1, -0.05) is 58.3 Å². The number of hydrogen-bond donors (Lipinski definition) is 1. The fourth-order valence-electron chi connectivity index (χ4n) is 3.95. The monoisotopic (exact) mass is 360 g/mol. The Labute approximate surface area is 150 Å². The number of halogens is 2. The van der Waals surface area contributed by atoms with Crippen LogP contribution in [0.4, 0.5) is 8.78 Å². The molecule has 0 aliphatic heterocycles. The molecule has 25 heavy (non-hydrogen) atoms.